The van der Waals surface area contributed by atoms with Gasteiger partial charge in [0.15, 0.2) is 0 Å². The van der Waals surface area contributed by atoms with E-state index in [0.29, 0.717) is 13.2 Å². The van der Waals surface area contributed by atoms with Crippen LogP contribution in [-0.4, -0.2) is 46.7 Å². The Labute approximate surface area is 117 Å². The van der Waals surface area contributed by atoms with E-state index in [2.05, 4.69) is 51.3 Å². The molecule has 4 nitrogen and oxygen atoms in total. The van der Waals surface area contributed by atoms with Crippen molar-refractivity contribution in [3.8, 4) is 0 Å². The van der Waals surface area contributed by atoms with Gasteiger partial charge in [-0.1, -0.05) is 0 Å². The van der Waals surface area contributed by atoms with Gasteiger partial charge in [0.25, 0.3) is 0 Å². The second-order valence-electron chi connectivity index (χ2n) is 7.03. The Hall–Kier alpha value is -1.03. The standard InChI is InChI=1S/C15H28N2O2/c1-8-19-13(18)12-9-16(14(2,3)4)11-17(10-12)15(5,6)7/h9H,8,10-11H2,1-7H3. The van der Waals surface area contributed by atoms with E-state index in [4.69, 9.17) is 4.74 Å². The quantitative estimate of drug-likeness (QED) is 0.721. The van der Waals surface area contributed by atoms with Crippen molar-refractivity contribution in [1.29, 1.82) is 0 Å². The highest BCUT2D eigenvalue weighted by atomic mass is 16.5. The molecule has 0 saturated carbocycles. The van der Waals surface area contributed by atoms with Crippen molar-refractivity contribution in [1.82, 2.24) is 9.80 Å². The van der Waals surface area contributed by atoms with Crippen molar-refractivity contribution < 1.29 is 9.53 Å². The summed E-state index contributed by atoms with van der Waals surface area (Å²) in [6, 6.07) is 0. The number of ether oxygens (including phenoxy) is 1. The smallest absolute Gasteiger partial charge is 0.336 e. The van der Waals surface area contributed by atoms with Gasteiger partial charge in [-0.2, -0.15) is 0 Å². The molecule has 0 unspecified atom stereocenters. The van der Waals surface area contributed by atoms with Crippen molar-refractivity contribution in [2.75, 3.05) is 19.8 Å². The lowest BCUT2D eigenvalue weighted by Crippen LogP contribution is -2.55. The number of esters is 1. The molecule has 1 aliphatic heterocycles. The van der Waals surface area contributed by atoms with E-state index < -0.39 is 0 Å². The van der Waals surface area contributed by atoms with Crippen molar-refractivity contribution in [3.05, 3.63) is 11.8 Å². The highest BCUT2D eigenvalue weighted by molar-refractivity contribution is 5.89. The van der Waals surface area contributed by atoms with Crippen LogP contribution in [0.1, 0.15) is 48.5 Å². The van der Waals surface area contributed by atoms with Gasteiger partial charge in [-0.3, -0.25) is 4.90 Å². The largest absolute Gasteiger partial charge is 0.463 e. The number of hydrogen-bond acceptors (Lipinski definition) is 4. The van der Waals surface area contributed by atoms with Gasteiger partial charge in [0.05, 0.1) is 18.8 Å². The van der Waals surface area contributed by atoms with Crippen molar-refractivity contribution in [2.24, 2.45) is 0 Å². The van der Waals surface area contributed by atoms with E-state index in [0.717, 1.165) is 12.2 Å². The third kappa shape index (κ3) is 4.23. The molecule has 19 heavy (non-hydrogen) atoms. The van der Waals surface area contributed by atoms with Crippen LogP contribution >= 0.6 is 0 Å². The highest BCUT2D eigenvalue weighted by Crippen LogP contribution is 2.26. The topological polar surface area (TPSA) is 32.8 Å². The first-order chi connectivity index (χ1) is 8.55. The molecule has 1 rings (SSSR count). The first kappa shape index (κ1) is 16.0. The zero-order valence-corrected chi connectivity index (χ0v) is 13.4. The molecule has 0 aromatic rings. The van der Waals surface area contributed by atoms with E-state index >= 15 is 0 Å². The molecule has 0 bridgehead atoms. The summed E-state index contributed by atoms with van der Waals surface area (Å²) in [7, 11) is 0. The predicted molar refractivity (Wildman–Crippen MR) is 77.6 cm³/mol. The average Bonchev–Trinajstić information content (AvgIpc) is 2.26. The van der Waals surface area contributed by atoms with E-state index in [1.165, 1.54) is 0 Å². The van der Waals surface area contributed by atoms with Gasteiger partial charge in [0.1, 0.15) is 0 Å². The van der Waals surface area contributed by atoms with Gasteiger partial charge >= 0.3 is 5.97 Å². The van der Waals surface area contributed by atoms with Crippen LogP contribution in [0.2, 0.25) is 0 Å². The number of carbonyl (C=O) groups is 1. The number of carbonyl (C=O) groups excluding carboxylic acids is 1. The summed E-state index contributed by atoms with van der Waals surface area (Å²) in [5.41, 5.74) is 0.745. The minimum Gasteiger partial charge on any atom is -0.463 e. The Balaban J connectivity index is 3.01. The average molecular weight is 268 g/mol. The van der Waals surface area contributed by atoms with Gasteiger partial charge in [-0.05, 0) is 48.5 Å². The van der Waals surface area contributed by atoms with E-state index in [1.807, 2.05) is 13.1 Å². The van der Waals surface area contributed by atoms with Gasteiger partial charge in [-0.25, -0.2) is 4.79 Å². The van der Waals surface area contributed by atoms with Crippen molar-refractivity contribution >= 4 is 5.97 Å². The third-order valence-corrected chi connectivity index (χ3v) is 3.34. The number of hydrogen-bond donors (Lipinski definition) is 0. The molecule has 110 valence electrons. The predicted octanol–water partition coefficient (Wildman–Crippen LogP) is 2.61. The van der Waals surface area contributed by atoms with Gasteiger partial charge in [0, 0.05) is 23.8 Å². The maximum Gasteiger partial charge on any atom is 0.336 e. The number of nitrogens with zero attached hydrogens (tertiary/aromatic N) is 2. The molecule has 0 aliphatic carbocycles. The molecule has 0 saturated heterocycles. The molecule has 0 fully saturated rings. The molecule has 0 radical (unpaired) electrons. The lowest BCUT2D eigenvalue weighted by molar-refractivity contribution is -0.139. The first-order valence-corrected chi connectivity index (χ1v) is 6.95. The van der Waals surface area contributed by atoms with E-state index in [9.17, 15) is 4.79 Å². The Morgan fingerprint density at radius 1 is 1.21 bits per heavy atom. The summed E-state index contributed by atoms with van der Waals surface area (Å²) in [5, 5.41) is 0. The van der Waals surface area contributed by atoms with Crippen LogP contribution in [0.5, 0.6) is 0 Å². The van der Waals surface area contributed by atoms with Crippen LogP contribution in [0.15, 0.2) is 11.8 Å². The Morgan fingerprint density at radius 2 is 1.79 bits per heavy atom. The van der Waals surface area contributed by atoms with E-state index in [-0.39, 0.29) is 17.0 Å². The SMILES string of the molecule is CCOC(=O)C1=CN(C(C)(C)C)CN(C(C)(C)C)C1. The van der Waals surface area contributed by atoms with Crippen LogP contribution < -0.4 is 0 Å². The van der Waals surface area contributed by atoms with Crippen LogP contribution in [0, 0.1) is 0 Å². The summed E-state index contributed by atoms with van der Waals surface area (Å²) >= 11 is 0. The molecule has 4 heteroatoms. The van der Waals surface area contributed by atoms with Crippen LogP contribution in [0.4, 0.5) is 0 Å². The van der Waals surface area contributed by atoms with E-state index in [1.54, 1.807) is 0 Å². The number of rotatable bonds is 2. The molecule has 0 aromatic heterocycles. The highest BCUT2D eigenvalue weighted by Gasteiger charge is 2.33. The van der Waals surface area contributed by atoms with Gasteiger partial charge < -0.3 is 9.64 Å². The molecular formula is C15H28N2O2. The Kier molecular flexibility index (Phi) is 4.67. The third-order valence-electron chi connectivity index (χ3n) is 3.34. The van der Waals surface area contributed by atoms with Gasteiger partial charge in [0.2, 0.25) is 0 Å². The fraction of sp³-hybridized carbons (Fsp3) is 0.800. The molecule has 1 heterocycles. The summed E-state index contributed by atoms with van der Waals surface area (Å²) in [6.07, 6.45) is 1.96. The van der Waals surface area contributed by atoms with Crippen molar-refractivity contribution in [3.63, 3.8) is 0 Å². The van der Waals surface area contributed by atoms with Crippen molar-refractivity contribution in [2.45, 2.75) is 59.5 Å². The first-order valence-electron chi connectivity index (χ1n) is 6.95. The fourth-order valence-corrected chi connectivity index (χ4v) is 1.91. The van der Waals surface area contributed by atoms with Crippen LogP contribution in [-0.2, 0) is 9.53 Å². The van der Waals surface area contributed by atoms with Gasteiger partial charge in [-0.15, -0.1) is 0 Å². The normalized spacial score (nSPS) is 18.3. The van der Waals surface area contributed by atoms with Crippen LogP contribution in [0.3, 0.4) is 0 Å². The zero-order chi connectivity index (χ0) is 14.8. The Morgan fingerprint density at radius 3 is 2.21 bits per heavy atom. The van der Waals surface area contributed by atoms with Crippen LogP contribution in [0.25, 0.3) is 0 Å². The summed E-state index contributed by atoms with van der Waals surface area (Å²) < 4.78 is 5.14. The zero-order valence-electron chi connectivity index (χ0n) is 13.4. The molecule has 0 atom stereocenters. The second-order valence-corrected chi connectivity index (χ2v) is 7.03. The Bertz CT molecular complexity index is 361. The minimum absolute atomic E-state index is 0.0122. The maximum absolute atomic E-state index is 12.0. The molecule has 0 spiro atoms. The monoisotopic (exact) mass is 268 g/mol. The summed E-state index contributed by atoms with van der Waals surface area (Å²) in [6.45, 7) is 16.7. The summed E-state index contributed by atoms with van der Waals surface area (Å²) in [4.78, 5) is 16.5. The minimum atomic E-state index is -0.203. The second kappa shape index (κ2) is 5.53. The molecular weight excluding hydrogens is 240 g/mol. The molecule has 0 N–H and O–H groups in total. The molecule has 0 aromatic carbocycles. The fourth-order valence-electron chi connectivity index (χ4n) is 1.91. The lowest BCUT2D eigenvalue weighted by atomic mass is 10.0. The summed E-state index contributed by atoms with van der Waals surface area (Å²) in [5.74, 6) is -0.203. The molecule has 0 amide bonds. The lowest BCUT2D eigenvalue weighted by Gasteiger charge is -2.47. The maximum atomic E-state index is 12.0. The molecule has 1 aliphatic rings.